The first-order chi connectivity index (χ1) is 25.2. The molecule has 2 heterocycles. The van der Waals surface area contributed by atoms with Gasteiger partial charge in [0, 0.05) is 21.9 Å². The molecule has 10 aromatic rings. The highest BCUT2D eigenvalue weighted by molar-refractivity contribution is 6.13. The Bertz CT molecular complexity index is 2890. The van der Waals surface area contributed by atoms with Gasteiger partial charge in [0.15, 0.2) is 17.5 Å². The van der Waals surface area contributed by atoms with E-state index in [0.717, 1.165) is 60.5 Å². The molecule has 0 amide bonds. The Hall–Kier alpha value is -6.91. The van der Waals surface area contributed by atoms with Gasteiger partial charge in [0.1, 0.15) is 11.2 Å². The van der Waals surface area contributed by atoms with Gasteiger partial charge >= 0.3 is 0 Å². The van der Waals surface area contributed by atoms with E-state index in [4.69, 9.17) is 19.4 Å². The van der Waals surface area contributed by atoms with Crippen LogP contribution in [0.2, 0.25) is 0 Å². The molecular formula is C47H29N3O. The van der Waals surface area contributed by atoms with Crippen LogP contribution in [0, 0.1) is 0 Å². The van der Waals surface area contributed by atoms with Crippen molar-refractivity contribution in [1.29, 1.82) is 0 Å². The zero-order valence-corrected chi connectivity index (χ0v) is 27.5. The first-order valence-electron chi connectivity index (χ1n) is 17.1. The van der Waals surface area contributed by atoms with E-state index in [2.05, 4.69) is 164 Å². The Kier molecular flexibility index (Phi) is 6.78. The van der Waals surface area contributed by atoms with Gasteiger partial charge in [0.25, 0.3) is 0 Å². The van der Waals surface area contributed by atoms with Gasteiger partial charge in [-0.3, -0.25) is 0 Å². The van der Waals surface area contributed by atoms with Gasteiger partial charge in [-0.1, -0.05) is 152 Å². The van der Waals surface area contributed by atoms with E-state index in [9.17, 15) is 0 Å². The number of para-hydroxylation sites is 1. The Morgan fingerprint density at radius 2 is 0.824 bits per heavy atom. The number of aromatic nitrogens is 3. The van der Waals surface area contributed by atoms with Gasteiger partial charge < -0.3 is 4.42 Å². The molecule has 51 heavy (non-hydrogen) atoms. The minimum atomic E-state index is 0.568. The average Bonchev–Trinajstić information content (AvgIpc) is 3.57. The monoisotopic (exact) mass is 651 g/mol. The number of nitrogens with zero attached hydrogens (tertiary/aromatic N) is 3. The van der Waals surface area contributed by atoms with Crippen molar-refractivity contribution in [3.63, 3.8) is 0 Å². The Labute approximate surface area is 294 Å². The molecule has 8 aromatic carbocycles. The lowest BCUT2D eigenvalue weighted by Crippen LogP contribution is -2.00. The summed E-state index contributed by atoms with van der Waals surface area (Å²) in [7, 11) is 0. The second kappa shape index (κ2) is 11.9. The smallest absolute Gasteiger partial charge is 0.167 e. The Morgan fingerprint density at radius 3 is 1.51 bits per heavy atom. The van der Waals surface area contributed by atoms with Crippen molar-refractivity contribution in [3.8, 4) is 56.4 Å². The fraction of sp³-hybridized carbons (Fsp3) is 0. The summed E-state index contributed by atoms with van der Waals surface area (Å²) < 4.78 is 6.60. The molecule has 0 fully saturated rings. The van der Waals surface area contributed by atoms with E-state index in [1.165, 1.54) is 21.9 Å². The first kappa shape index (κ1) is 29.0. The summed E-state index contributed by atoms with van der Waals surface area (Å²) in [5, 5.41) is 6.72. The lowest BCUT2D eigenvalue weighted by Gasteiger charge is -2.10. The largest absolute Gasteiger partial charge is 0.455 e. The van der Waals surface area contributed by atoms with Crippen molar-refractivity contribution < 1.29 is 4.42 Å². The fourth-order valence-corrected chi connectivity index (χ4v) is 7.04. The SMILES string of the molecule is c1ccc(-c2ccc(-c3ccc(-c4nc(-c5ccc6ccccc6c5)nc(-c5cccc6c5oc5cc7ccccc7cc56)n4)cc3)cc2)cc1. The van der Waals surface area contributed by atoms with Crippen LogP contribution in [0.5, 0.6) is 0 Å². The molecule has 0 unspecified atom stereocenters. The number of furan rings is 1. The topological polar surface area (TPSA) is 51.8 Å². The zero-order valence-electron chi connectivity index (χ0n) is 27.5. The zero-order chi connectivity index (χ0) is 33.7. The predicted octanol–water partition coefficient (Wildman–Crippen LogP) is 12.4. The van der Waals surface area contributed by atoms with Crippen molar-refractivity contribution in [2.24, 2.45) is 0 Å². The van der Waals surface area contributed by atoms with Crippen molar-refractivity contribution in [1.82, 2.24) is 15.0 Å². The summed E-state index contributed by atoms with van der Waals surface area (Å²) in [5.74, 6) is 1.78. The number of hydrogen-bond donors (Lipinski definition) is 0. The van der Waals surface area contributed by atoms with Gasteiger partial charge in [-0.25, -0.2) is 15.0 Å². The summed E-state index contributed by atoms with van der Waals surface area (Å²) in [6, 6.07) is 61.2. The molecule has 0 N–H and O–H groups in total. The molecule has 0 aliphatic carbocycles. The molecule has 2 aromatic heterocycles. The number of benzene rings is 8. The molecule has 4 heteroatoms. The highest BCUT2D eigenvalue weighted by atomic mass is 16.3. The van der Waals surface area contributed by atoms with Gasteiger partial charge in [0.2, 0.25) is 0 Å². The maximum atomic E-state index is 6.60. The highest BCUT2D eigenvalue weighted by Gasteiger charge is 2.18. The van der Waals surface area contributed by atoms with Crippen LogP contribution in [0.4, 0.5) is 0 Å². The molecule has 4 nitrogen and oxygen atoms in total. The molecule has 238 valence electrons. The molecule has 0 spiro atoms. The van der Waals surface area contributed by atoms with Crippen LogP contribution in [0.15, 0.2) is 180 Å². The third-order valence-corrected chi connectivity index (χ3v) is 9.72. The number of fused-ring (bicyclic) bond motifs is 5. The Morgan fingerprint density at radius 1 is 0.314 bits per heavy atom. The second-order valence-corrected chi connectivity index (χ2v) is 12.9. The summed E-state index contributed by atoms with van der Waals surface area (Å²) >= 11 is 0. The summed E-state index contributed by atoms with van der Waals surface area (Å²) in [6.45, 7) is 0. The van der Waals surface area contributed by atoms with Crippen LogP contribution < -0.4 is 0 Å². The third-order valence-electron chi connectivity index (χ3n) is 9.72. The Balaban J connectivity index is 1.10. The van der Waals surface area contributed by atoms with Gasteiger partial charge in [0.05, 0.1) is 5.56 Å². The first-order valence-corrected chi connectivity index (χ1v) is 17.1. The molecule has 0 aliphatic rings. The van der Waals surface area contributed by atoms with Gasteiger partial charge in [-0.15, -0.1) is 0 Å². The number of hydrogen-bond acceptors (Lipinski definition) is 4. The van der Waals surface area contributed by atoms with Crippen LogP contribution >= 0.6 is 0 Å². The van der Waals surface area contributed by atoms with Gasteiger partial charge in [-0.2, -0.15) is 0 Å². The van der Waals surface area contributed by atoms with Crippen LogP contribution in [0.1, 0.15) is 0 Å². The normalized spacial score (nSPS) is 11.5. The van der Waals surface area contributed by atoms with E-state index in [0.29, 0.717) is 17.5 Å². The average molecular weight is 652 g/mol. The molecular weight excluding hydrogens is 623 g/mol. The van der Waals surface area contributed by atoms with Crippen LogP contribution in [-0.2, 0) is 0 Å². The van der Waals surface area contributed by atoms with E-state index in [1.54, 1.807) is 0 Å². The molecule has 0 bridgehead atoms. The quantitative estimate of drug-likeness (QED) is 0.186. The van der Waals surface area contributed by atoms with Crippen LogP contribution in [-0.4, -0.2) is 15.0 Å². The second-order valence-electron chi connectivity index (χ2n) is 12.9. The molecule has 0 radical (unpaired) electrons. The van der Waals surface area contributed by atoms with Crippen molar-refractivity contribution in [3.05, 3.63) is 176 Å². The fourth-order valence-electron chi connectivity index (χ4n) is 7.04. The maximum absolute atomic E-state index is 6.60. The summed E-state index contributed by atoms with van der Waals surface area (Å²) in [6.07, 6.45) is 0. The summed E-state index contributed by atoms with van der Waals surface area (Å²) in [4.78, 5) is 15.3. The van der Waals surface area contributed by atoms with Crippen LogP contribution in [0.3, 0.4) is 0 Å². The van der Waals surface area contributed by atoms with E-state index in [-0.39, 0.29) is 0 Å². The van der Waals surface area contributed by atoms with Crippen molar-refractivity contribution in [2.75, 3.05) is 0 Å². The molecule has 10 rings (SSSR count). The van der Waals surface area contributed by atoms with E-state index in [1.807, 2.05) is 12.1 Å². The standard InChI is InChI=1S/C47H29N3O/c1-2-9-30(10-3-1)32-17-19-33(20-18-32)34-21-24-35(25-22-34)45-48-46(39-26-23-31-11-4-5-12-36(31)27-39)50-47(49-45)41-16-8-15-40-42-28-37-13-6-7-14-38(37)29-43(42)51-44(40)41/h1-29H. The molecule has 0 aliphatic heterocycles. The predicted molar refractivity (Wildman–Crippen MR) is 209 cm³/mol. The summed E-state index contributed by atoms with van der Waals surface area (Å²) in [5.41, 5.74) is 8.95. The number of rotatable bonds is 5. The minimum Gasteiger partial charge on any atom is -0.455 e. The lowest BCUT2D eigenvalue weighted by molar-refractivity contribution is 0.670. The van der Waals surface area contributed by atoms with Crippen LogP contribution in [0.25, 0.3) is 99.9 Å². The van der Waals surface area contributed by atoms with Gasteiger partial charge in [-0.05, 0) is 68.1 Å². The van der Waals surface area contributed by atoms with Crippen molar-refractivity contribution >= 4 is 43.5 Å². The minimum absolute atomic E-state index is 0.568. The highest BCUT2D eigenvalue weighted by Crippen LogP contribution is 2.38. The van der Waals surface area contributed by atoms with E-state index < -0.39 is 0 Å². The van der Waals surface area contributed by atoms with Crippen molar-refractivity contribution in [2.45, 2.75) is 0 Å². The lowest BCUT2D eigenvalue weighted by atomic mass is 9.99. The molecule has 0 saturated carbocycles. The van der Waals surface area contributed by atoms with E-state index >= 15 is 0 Å². The maximum Gasteiger partial charge on any atom is 0.167 e. The molecule has 0 atom stereocenters. The molecule has 0 saturated heterocycles. The third kappa shape index (κ3) is 5.22.